The van der Waals surface area contributed by atoms with Crippen LogP contribution in [0.15, 0.2) is 36.4 Å². The summed E-state index contributed by atoms with van der Waals surface area (Å²) in [4.78, 5) is 23.1. The number of para-hydroxylation sites is 1. The van der Waals surface area contributed by atoms with Crippen molar-refractivity contribution in [2.45, 2.75) is 25.4 Å². The van der Waals surface area contributed by atoms with Crippen LogP contribution in [0.25, 0.3) is 16.0 Å². The number of fused-ring (bicyclic) bond motifs is 1. The van der Waals surface area contributed by atoms with Crippen LogP contribution in [0.3, 0.4) is 0 Å². The van der Waals surface area contributed by atoms with E-state index in [-0.39, 0.29) is 17.9 Å². The van der Waals surface area contributed by atoms with Gasteiger partial charge >= 0.3 is 0 Å². The normalized spacial score (nSPS) is 19.3. The highest BCUT2D eigenvalue weighted by Crippen LogP contribution is 2.33. The molecule has 0 radical (unpaired) electrons. The topological polar surface area (TPSA) is 61.6 Å². The van der Waals surface area contributed by atoms with Gasteiger partial charge in [0.25, 0.3) is 5.91 Å². The molecule has 0 aliphatic heterocycles. The number of nitrogens with zero attached hydrogens (tertiary/aromatic N) is 4. The second kappa shape index (κ2) is 7.56. The Labute approximate surface area is 169 Å². The van der Waals surface area contributed by atoms with Crippen molar-refractivity contribution < 1.29 is 9.90 Å². The first-order valence-electron chi connectivity index (χ1n) is 9.64. The van der Waals surface area contributed by atoms with E-state index in [1.807, 2.05) is 62.4 Å². The van der Waals surface area contributed by atoms with Crippen molar-refractivity contribution in [1.29, 1.82) is 0 Å². The molecule has 1 aliphatic carbocycles. The molecule has 0 saturated heterocycles. The summed E-state index contributed by atoms with van der Waals surface area (Å²) in [6, 6.07) is 12.0. The van der Waals surface area contributed by atoms with E-state index in [0.29, 0.717) is 11.4 Å². The smallest absolute Gasteiger partial charge is 0.263 e. The second-order valence-electron chi connectivity index (χ2n) is 7.72. The monoisotopic (exact) mass is 398 g/mol. The quantitative estimate of drug-likeness (QED) is 0.716. The third kappa shape index (κ3) is 3.40. The lowest BCUT2D eigenvalue weighted by molar-refractivity contribution is 0.0698. The highest BCUT2D eigenvalue weighted by molar-refractivity contribution is 7.20. The number of rotatable bonds is 5. The number of carbonyl (C=O) groups is 1. The van der Waals surface area contributed by atoms with Crippen molar-refractivity contribution in [3.05, 3.63) is 41.3 Å². The summed E-state index contributed by atoms with van der Waals surface area (Å²) in [7, 11) is 5.76. The van der Waals surface area contributed by atoms with E-state index >= 15 is 0 Å². The maximum Gasteiger partial charge on any atom is 0.263 e. The van der Waals surface area contributed by atoms with Gasteiger partial charge in [0.05, 0.1) is 11.0 Å². The largest absolute Gasteiger partial charge is 0.393 e. The molecule has 3 aromatic rings. The van der Waals surface area contributed by atoms with E-state index in [2.05, 4.69) is 4.57 Å². The van der Waals surface area contributed by atoms with Gasteiger partial charge in [-0.1, -0.05) is 24.6 Å². The van der Waals surface area contributed by atoms with Gasteiger partial charge in [0.15, 0.2) is 0 Å². The Balaban J connectivity index is 1.66. The standard InChI is InChI=1S/C21H26N4O2S/c1-23(2)21-22-16-12-18(19(27)24(3)13-14-8-7-11-17(14)26)28-20(16)25(21)15-9-5-4-6-10-15/h4-6,9-10,12,14,17,26H,7-8,11,13H2,1-3H3. The number of imidazole rings is 1. The number of thiophene rings is 1. The molecule has 2 heterocycles. The van der Waals surface area contributed by atoms with Crippen molar-refractivity contribution in [2.75, 3.05) is 32.6 Å². The maximum absolute atomic E-state index is 13.0. The Kier molecular flexibility index (Phi) is 5.12. The zero-order valence-corrected chi connectivity index (χ0v) is 17.3. The average Bonchev–Trinajstić information content (AvgIpc) is 3.36. The average molecular weight is 399 g/mol. The van der Waals surface area contributed by atoms with Gasteiger partial charge in [-0.3, -0.25) is 9.36 Å². The van der Waals surface area contributed by atoms with Gasteiger partial charge < -0.3 is 14.9 Å². The predicted molar refractivity (Wildman–Crippen MR) is 114 cm³/mol. The van der Waals surface area contributed by atoms with Gasteiger partial charge in [-0.15, -0.1) is 11.3 Å². The molecule has 0 bridgehead atoms. The Hall–Kier alpha value is -2.38. The number of benzene rings is 1. The van der Waals surface area contributed by atoms with Crippen LogP contribution in [-0.2, 0) is 0 Å². The van der Waals surface area contributed by atoms with Crippen molar-refractivity contribution in [3.63, 3.8) is 0 Å². The van der Waals surface area contributed by atoms with Crippen LogP contribution in [0.2, 0.25) is 0 Å². The molecule has 2 unspecified atom stereocenters. The van der Waals surface area contributed by atoms with Crippen molar-refractivity contribution >= 4 is 33.5 Å². The summed E-state index contributed by atoms with van der Waals surface area (Å²) < 4.78 is 2.09. The summed E-state index contributed by atoms with van der Waals surface area (Å²) in [6.45, 7) is 0.594. The summed E-state index contributed by atoms with van der Waals surface area (Å²) in [6.07, 6.45) is 2.57. The van der Waals surface area contributed by atoms with E-state index in [9.17, 15) is 9.90 Å². The fourth-order valence-corrected chi connectivity index (χ4v) is 5.04. The Morgan fingerprint density at radius 1 is 1.25 bits per heavy atom. The van der Waals surface area contributed by atoms with Crippen LogP contribution in [0.1, 0.15) is 28.9 Å². The molecular weight excluding hydrogens is 372 g/mol. The molecule has 7 heteroatoms. The Morgan fingerprint density at radius 2 is 2.00 bits per heavy atom. The fourth-order valence-electron chi connectivity index (χ4n) is 3.93. The molecule has 0 spiro atoms. The van der Waals surface area contributed by atoms with E-state index in [4.69, 9.17) is 4.98 Å². The zero-order chi connectivity index (χ0) is 19.8. The van der Waals surface area contributed by atoms with E-state index < -0.39 is 0 Å². The minimum Gasteiger partial charge on any atom is -0.393 e. The highest BCUT2D eigenvalue weighted by atomic mass is 32.1. The highest BCUT2D eigenvalue weighted by Gasteiger charge is 2.28. The summed E-state index contributed by atoms with van der Waals surface area (Å²) in [5.41, 5.74) is 1.85. The van der Waals surface area contributed by atoms with Gasteiger partial charge in [0.1, 0.15) is 10.3 Å². The number of carbonyl (C=O) groups excluding carboxylic acids is 1. The Morgan fingerprint density at radius 3 is 2.64 bits per heavy atom. The van der Waals surface area contributed by atoms with Gasteiger partial charge in [-0.2, -0.15) is 0 Å². The number of aliphatic hydroxyl groups excluding tert-OH is 1. The summed E-state index contributed by atoms with van der Waals surface area (Å²) in [5, 5.41) is 10.1. The van der Waals surface area contributed by atoms with E-state index in [0.717, 1.165) is 41.2 Å². The molecular formula is C21H26N4O2S. The number of aliphatic hydroxyl groups is 1. The number of aromatic nitrogens is 2. The SMILES string of the molecule is CN(CC1CCCC1O)C(=O)c1cc2nc(N(C)C)n(-c3ccccc3)c2s1. The number of anilines is 1. The summed E-state index contributed by atoms with van der Waals surface area (Å²) in [5.74, 6) is 1.02. The van der Waals surface area contributed by atoms with Gasteiger partial charge in [-0.25, -0.2) is 4.98 Å². The molecule has 1 aromatic carbocycles. The molecule has 1 N–H and O–H groups in total. The maximum atomic E-state index is 13.0. The molecule has 28 heavy (non-hydrogen) atoms. The number of hydrogen-bond acceptors (Lipinski definition) is 5. The third-order valence-corrected chi connectivity index (χ3v) is 6.51. The molecule has 148 valence electrons. The molecule has 6 nitrogen and oxygen atoms in total. The minimum absolute atomic E-state index is 0.00638. The van der Waals surface area contributed by atoms with Crippen LogP contribution in [0, 0.1) is 5.92 Å². The van der Waals surface area contributed by atoms with E-state index in [1.54, 1.807) is 4.90 Å². The molecule has 1 aliphatic rings. The first-order chi connectivity index (χ1) is 13.5. The summed E-state index contributed by atoms with van der Waals surface area (Å²) >= 11 is 1.47. The van der Waals surface area contributed by atoms with Gasteiger partial charge in [0, 0.05) is 39.3 Å². The lowest BCUT2D eigenvalue weighted by Crippen LogP contribution is -2.34. The molecule has 1 amide bonds. The number of amides is 1. The van der Waals surface area contributed by atoms with Crippen molar-refractivity contribution in [3.8, 4) is 5.69 Å². The Bertz CT molecular complexity index is 979. The van der Waals surface area contributed by atoms with Crippen LogP contribution >= 0.6 is 11.3 Å². The third-order valence-electron chi connectivity index (χ3n) is 5.42. The lowest BCUT2D eigenvalue weighted by Gasteiger charge is -2.22. The second-order valence-corrected chi connectivity index (χ2v) is 8.75. The van der Waals surface area contributed by atoms with Crippen molar-refractivity contribution in [1.82, 2.24) is 14.5 Å². The minimum atomic E-state index is -0.288. The van der Waals surface area contributed by atoms with Crippen LogP contribution < -0.4 is 4.90 Å². The van der Waals surface area contributed by atoms with Crippen LogP contribution in [-0.4, -0.2) is 59.3 Å². The van der Waals surface area contributed by atoms with Crippen LogP contribution in [0.5, 0.6) is 0 Å². The lowest BCUT2D eigenvalue weighted by atomic mass is 10.1. The molecule has 2 atom stereocenters. The van der Waals surface area contributed by atoms with Gasteiger partial charge in [0.2, 0.25) is 5.95 Å². The fraction of sp³-hybridized carbons (Fsp3) is 0.429. The van der Waals surface area contributed by atoms with Crippen molar-refractivity contribution in [2.24, 2.45) is 5.92 Å². The first kappa shape index (κ1) is 19.0. The first-order valence-corrected chi connectivity index (χ1v) is 10.5. The van der Waals surface area contributed by atoms with Crippen LogP contribution in [0.4, 0.5) is 5.95 Å². The zero-order valence-electron chi connectivity index (χ0n) is 16.5. The molecule has 2 aromatic heterocycles. The number of hydrogen-bond donors (Lipinski definition) is 1. The predicted octanol–water partition coefficient (Wildman–Crippen LogP) is 3.39. The molecule has 1 saturated carbocycles. The molecule has 4 rings (SSSR count). The van der Waals surface area contributed by atoms with E-state index in [1.165, 1.54) is 11.3 Å². The van der Waals surface area contributed by atoms with Gasteiger partial charge in [-0.05, 0) is 31.0 Å². The molecule has 1 fully saturated rings.